The van der Waals surface area contributed by atoms with Gasteiger partial charge in [-0.05, 0) is 63.7 Å². The minimum atomic E-state index is -0.830. The van der Waals surface area contributed by atoms with Gasteiger partial charge in [-0.3, -0.25) is 18.7 Å². The Morgan fingerprint density at radius 2 is 1.70 bits per heavy atom. The van der Waals surface area contributed by atoms with Gasteiger partial charge in [0, 0.05) is 18.5 Å². The Morgan fingerprint density at radius 3 is 2.27 bits per heavy atom. The van der Waals surface area contributed by atoms with E-state index in [-0.39, 0.29) is 28.7 Å². The first kappa shape index (κ1) is 23.7. The van der Waals surface area contributed by atoms with Gasteiger partial charge in [0.15, 0.2) is 5.65 Å². The third kappa shape index (κ3) is 4.16. The van der Waals surface area contributed by atoms with Crippen molar-refractivity contribution in [1.82, 2.24) is 19.1 Å². The summed E-state index contributed by atoms with van der Waals surface area (Å²) < 4.78 is 8.81. The third-order valence-corrected chi connectivity index (χ3v) is 7.86. The number of aromatic amines is 1. The fourth-order valence-electron chi connectivity index (χ4n) is 5.62. The summed E-state index contributed by atoms with van der Waals surface area (Å²) in [4.78, 5) is 45.3. The predicted octanol–water partition coefficient (Wildman–Crippen LogP) is 3.04. The lowest BCUT2D eigenvalue weighted by atomic mass is 9.53. The zero-order chi connectivity index (χ0) is 23.8. The SMILES string of the molecule is CCCn1c(=O)c2[nH]c(C34CCC(COCC(C)C(=O)O)(CC3)CC4)nc2n(CCC)c1=O. The molecule has 2 N–H and O–H groups in total. The van der Waals surface area contributed by atoms with E-state index in [9.17, 15) is 14.4 Å². The topological polar surface area (TPSA) is 119 Å². The Hall–Kier alpha value is -2.42. The van der Waals surface area contributed by atoms with Gasteiger partial charge in [0.25, 0.3) is 5.56 Å². The molecule has 3 aliphatic rings. The Kier molecular flexibility index (Phi) is 6.53. The monoisotopic (exact) mass is 460 g/mol. The van der Waals surface area contributed by atoms with Crippen LogP contribution in [0.25, 0.3) is 11.2 Å². The molecule has 5 rings (SSSR count). The van der Waals surface area contributed by atoms with Crippen molar-refractivity contribution in [3.8, 4) is 0 Å². The summed E-state index contributed by atoms with van der Waals surface area (Å²) >= 11 is 0. The van der Waals surface area contributed by atoms with E-state index in [0.29, 0.717) is 37.3 Å². The Morgan fingerprint density at radius 1 is 1.09 bits per heavy atom. The maximum Gasteiger partial charge on any atom is 0.332 e. The molecule has 0 radical (unpaired) electrons. The maximum atomic E-state index is 13.1. The molecule has 3 aliphatic carbocycles. The van der Waals surface area contributed by atoms with Crippen molar-refractivity contribution in [2.45, 2.75) is 90.6 Å². The first-order valence-corrected chi connectivity index (χ1v) is 12.3. The third-order valence-electron chi connectivity index (χ3n) is 7.86. The molecule has 3 saturated carbocycles. The molecule has 0 saturated heterocycles. The number of rotatable bonds is 10. The second-order valence-corrected chi connectivity index (χ2v) is 10.2. The highest BCUT2D eigenvalue weighted by molar-refractivity contribution is 5.70. The van der Waals surface area contributed by atoms with Crippen LogP contribution in [-0.4, -0.2) is 43.4 Å². The number of carboxylic acid groups (broad SMARTS) is 1. The number of imidazole rings is 1. The van der Waals surface area contributed by atoms with Crippen LogP contribution in [-0.2, 0) is 28.0 Å². The van der Waals surface area contributed by atoms with Crippen LogP contribution in [0.15, 0.2) is 9.59 Å². The van der Waals surface area contributed by atoms with Crippen molar-refractivity contribution in [3.05, 3.63) is 26.7 Å². The van der Waals surface area contributed by atoms with Gasteiger partial charge in [-0.15, -0.1) is 0 Å². The van der Waals surface area contributed by atoms with E-state index < -0.39 is 11.9 Å². The van der Waals surface area contributed by atoms with Crippen molar-refractivity contribution in [1.29, 1.82) is 0 Å². The van der Waals surface area contributed by atoms with Gasteiger partial charge in [0.1, 0.15) is 11.3 Å². The molecule has 0 amide bonds. The smallest absolute Gasteiger partial charge is 0.332 e. The quantitative estimate of drug-likeness (QED) is 0.562. The van der Waals surface area contributed by atoms with Crippen LogP contribution >= 0.6 is 0 Å². The molecular weight excluding hydrogens is 424 g/mol. The van der Waals surface area contributed by atoms with E-state index in [1.807, 2.05) is 13.8 Å². The van der Waals surface area contributed by atoms with Gasteiger partial charge >= 0.3 is 11.7 Å². The van der Waals surface area contributed by atoms with Crippen molar-refractivity contribution >= 4 is 17.1 Å². The summed E-state index contributed by atoms with van der Waals surface area (Å²) in [5.74, 6) is -0.495. The second kappa shape index (κ2) is 9.08. The van der Waals surface area contributed by atoms with E-state index in [0.717, 1.165) is 50.8 Å². The first-order valence-electron chi connectivity index (χ1n) is 12.3. The second-order valence-electron chi connectivity index (χ2n) is 10.2. The molecule has 1 atom stereocenters. The average molecular weight is 461 g/mol. The first-order chi connectivity index (χ1) is 15.8. The molecule has 2 bridgehead atoms. The number of aliphatic carboxylic acids is 1. The molecule has 0 aromatic carbocycles. The molecule has 0 aliphatic heterocycles. The van der Waals surface area contributed by atoms with Crippen molar-refractivity contribution in [2.24, 2.45) is 11.3 Å². The molecule has 0 spiro atoms. The van der Waals surface area contributed by atoms with Crippen LogP contribution in [0.4, 0.5) is 0 Å². The van der Waals surface area contributed by atoms with Crippen molar-refractivity contribution in [3.63, 3.8) is 0 Å². The van der Waals surface area contributed by atoms with Crippen LogP contribution in [0, 0.1) is 11.3 Å². The number of hydrogen-bond acceptors (Lipinski definition) is 5. The average Bonchev–Trinajstić information content (AvgIpc) is 3.27. The standard InChI is InChI=1S/C24H36N4O5/c1-4-12-27-18-17(19(29)28(13-5-2)22(27)32)25-21(26-18)24-9-6-23(7-10-24,8-11-24)15-33-14-16(3)20(30)31/h16H,4-15H2,1-3H3,(H,25,26)(H,30,31). The molecule has 2 aromatic rings. The van der Waals surface area contributed by atoms with Crippen LogP contribution in [0.3, 0.4) is 0 Å². The largest absolute Gasteiger partial charge is 0.481 e. The zero-order valence-corrected chi connectivity index (χ0v) is 20.0. The molecule has 2 heterocycles. The lowest BCUT2D eigenvalue weighted by Crippen LogP contribution is -2.47. The zero-order valence-electron chi connectivity index (χ0n) is 20.0. The summed E-state index contributed by atoms with van der Waals surface area (Å²) in [7, 11) is 0. The predicted molar refractivity (Wildman–Crippen MR) is 125 cm³/mol. The number of nitrogens with zero attached hydrogens (tertiary/aromatic N) is 3. The van der Waals surface area contributed by atoms with Crippen LogP contribution in [0.5, 0.6) is 0 Å². The summed E-state index contributed by atoms with van der Waals surface area (Å²) in [5, 5.41) is 9.07. The number of H-pyrrole nitrogens is 1. The number of carboxylic acids is 1. The number of ether oxygens (including phenoxy) is 1. The van der Waals surface area contributed by atoms with E-state index in [1.165, 1.54) is 4.57 Å². The summed E-state index contributed by atoms with van der Waals surface area (Å²) in [5.41, 5.74) is 0.368. The van der Waals surface area contributed by atoms with Crippen LogP contribution < -0.4 is 11.2 Å². The normalized spacial score (nSPS) is 25.5. The molecule has 2 aromatic heterocycles. The summed E-state index contributed by atoms with van der Waals surface area (Å²) in [6, 6.07) is 0. The Balaban J connectivity index is 1.59. The highest BCUT2D eigenvalue weighted by atomic mass is 16.5. The maximum absolute atomic E-state index is 13.1. The van der Waals surface area contributed by atoms with Crippen LogP contribution in [0.2, 0.25) is 0 Å². The Labute approximate surface area is 193 Å². The van der Waals surface area contributed by atoms with E-state index >= 15 is 0 Å². The number of fused-ring (bicyclic) bond motifs is 4. The summed E-state index contributed by atoms with van der Waals surface area (Å²) in [6.45, 7) is 7.41. The van der Waals surface area contributed by atoms with E-state index in [4.69, 9.17) is 14.8 Å². The minimum absolute atomic E-state index is 0.101. The summed E-state index contributed by atoms with van der Waals surface area (Å²) in [6.07, 6.45) is 7.33. The number of nitrogens with one attached hydrogen (secondary N) is 1. The van der Waals surface area contributed by atoms with Gasteiger partial charge in [-0.2, -0.15) is 0 Å². The van der Waals surface area contributed by atoms with Crippen molar-refractivity contribution in [2.75, 3.05) is 13.2 Å². The van der Waals surface area contributed by atoms with E-state index in [1.54, 1.807) is 11.5 Å². The molecule has 182 valence electrons. The fourth-order valence-corrected chi connectivity index (χ4v) is 5.62. The molecule has 33 heavy (non-hydrogen) atoms. The van der Waals surface area contributed by atoms with Gasteiger partial charge in [-0.25, -0.2) is 9.78 Å². The molecule has 1 unspecified atom stereocenters. The van der Waals surface area contributed by atoms with Gasteiger partial charge in [-0.1, -0.05) is 13.8 Å². The number of aromatic nitrogens is 4. The van der Waals surface area contributed by atoms with Gasteiger partial charge in [0.2, 0.25) is 0 Å². The number of hydrogen-bond donors (Lipinski definition) is 2. The highest BCUT2D eigenvalue weighted by Crippen LogP contribution is 2.57. The molecule has 3 fully saturated rings. The van der Waals surface area contributed by atoms with Gasteiger partial charge < -0.3 is 14.8 Å². The molecule has 9 heteroatoms. The Bertz CT molecular complexity index is 1120. The molecular formula is C24H36N4O5. The van der Waals surface area contributed by atoms with Gasteiger partial charge in [0.05, 0.1) is 19.1 Å². The molecule has 9 nitrogen and oxygen atoms in total. The fraction of sp³-hybridized carbons (Fsp3) is 0.750. The van der Waals surface area contributed by atoms with Crippen LogP contribution in [0.1, 0.15) is 78.0 Å². The lowest BCUT2D eigenvalue weighted by Gasteiger charge is -2.52. The lowest BCUT2D eigenvalue weighted by molar-refractivity contribution is -0.144. The van der Waals surface area contributed by atoms with Crippen molar-refractivity contribution < 1.29 is 14.6 Å². The number of carbonyl (C=O) groups is 1. The highest BCUT2D eigenvalue weighted by Gasteiger charge is 2.51. The van der Waals surface area contributed by atoms with E-state index in [2.05, 4.69) is 4.98 Å². The number of aryl methyl sites for hydroxylation is 1. The minimum Gasteiger partial charge on any atom is -0.481 e.